The highest BCUT2D eigenvalue weighted by Gasteiger charge is 2.25. The van der Waals surface area contributed by atoms with Gasteiger partial charge in [-0.3, -0.25) is 0 Å². The van der Waals surface area contributed by atoms with E-state index >= 15 is 0 Å². The molecule has 2 rings (SSSR count). The second-order valence-electron chi connectivity index (χ2n) is 4.93. The molecule has 0 radical (unpaired) electrons. The summed E-state index contributed by atoms with van der Waals surface area (Å²) in [7, 11) is -3.48. The Bertz CT molecular complexity index is 564. The standard InChI is InChI=1S/C13H20N2O2S2/c1-9-3-4-12(14)10(2)13(9)19(16,17)15-11-5-7-18-8-6-11/h3-4,11,15H,5-8,14H2,1-2H3. The van der Waals surface area contributed by atoms with Crippen molar-refractivity contribution in [3.8, 4) is 0 Å². The van der Waals surface area contributed by atoms with E-state index in [1.165, 1.54) is 0 Å². The van der Waals surface area contributed by atoms with Crippen molar-refractivity contribution in [2.24, 2.45) is 0 Å². The first-order valence-corrected chi connectivity index (χ1v) is 9.01. The summed E-state index contributed by atoms with van der Waals surface area (Å²) in [6.07, 6.45) is 1.79. The molecule has 1 saturated heterocycles. The molecule has 0 atom stereocenters. The molecule has 0 saturated carbocycles. The van der Waals surface area contributed by atoms with Crippen LogP contribution in [0.3, 0.4) is 0 Å². The van der Waals surface area contributed by atoms with E-state index in [2.05, 4.69) is 4.72 Å². The van der Waals surface area contributed by atoms with Gasteiger partial charge in [0.05, 0.1) is 4.90 Å². The van der Waals surface area contributed by atoms with Gasteiger partial charge in [-0.15, -0.1) is 0 Å². The molecule has 0 aliphatic carbocycles. The Labute approximate surface area is 119 Å². The molecule has 0 bridgehead atoms. The Hall–Kier alpha value is -0.720. The van der Waals surface area contributed by atoms with Crippen molar-refractivity contribution >= 4 is 27.5 Å². The first-order chi connectivity index (χ1) is 8.92. The van der Waals surface area contributed by atoms with Crippen molar-refractivity contribution in [3.05, 3.63) is 23.3 Å². The topological polar surface area (TPSA) is 72.2 Å². The van der Waals surface area contributed by atoms with Crippen molar-refractivity contribution in [3.63, 3.8) is 0 Å². The lowest BCUT2D eigenvalue weighted by molar-refractivity contribution is 0.528. The molecule has 4 nitrogen and oxygen atoms in total. The molecule has 3 N–H and O–H groups in total. The van der Waals surface area contributed by atoms with E-state index < -0.39 is 10.0 Å². The molecular formula is C13H20N2O2S2. The van der Waals surface area contributed by atoms with Crippen LogP contribution in [-0.4, -0.2) is 26.0 Å². The maximum absolute atomic E-state index is 12.5. The van der Waals surface area contributed by atoms with Crippen LogP contribution in [0.5, 0.6) is 0 Å². The maximum Gasteiger partial charge on any atom is 0.241 e. The molecule has 1 aromatic carbocycles. The number of nitrogens with two attached hydrogens (primary N) is 1. The van der Waals surface area contributed by atoms with Gasteiger partial charge in [-0.1, -0.05) is 6.07 Å². The van der Waals surface area contributed by atoms with Crippen molar-refractivity contribution in [2.75, 3.05) is 17.2 Å². The average Bonchev–Trinajstić information content (AvgIpc) is 2.35. The number of hydrogen-bond donors (Lipinski definition) is 2. The van der Waals surface area contributed by atoms with Gasteiger partial charge in [0.1, 0.15) is 0 Å². The molecule has 1 fully saturated rings. The van der Waals surface area contributed by atoms with E-state index in [1.807, 2.05) is 11.8 Å². The molecule has 19 heavy (non-hydrogen) atoms. The van der Waals surface area contributed by atoms with Gasteiger partial charge in [-0.25, -0.2) is 13.1 Å². The fourth-order valence-electron chi connectivity index (χ4n) is 2.35. The lowest BCUT2D eigenvalue weighted by Crippen LogP contribution is -2.37. The molecule has 6 heteroatoms. The smallest absolute Gasteiger partial charge is 0.241 e. The molecule has 0 unspecified atom stereocenters. The summed E-state index contributed by atoms with van der Waals surface area (Å²) in [5.74, 6) is 2.03. The maximum atomic E-state index is 12.5. The highest BCUT2D eigenvalue weighted by molar-refractivity contribution is 7.99. The number of thioether (sulfide) groups is 1. The van der Waals surface area contributed by atoms with Gasteiger partial charge in [-0.2, -0.15) is 11.8 Å². The van der Waals surface area contributed by atoms with Gasteiger partial charge < -0.3 is 5.73 Å². The third-order valence-corrected chi connectivity index (χ3v) is 6.31. The first kappa shape index (κ1) is 14.7. The molecule has 106 valence electrons. The second kappa shape index (κ2) is 5.73. The summed E-state index contributed by atoms with van der Waals surface area (Å²) >= 11 is 1.87. The van der Waals surface area contributed by atoms with Gasteiger partial charge in [0.25, 0.3) is 0 Å². The first-order valence-electron chi connectivity index (χ1n) is 6.37. The summed E-state index contributed by atoms with van der Waals surface area (Å²) in [6, 6.07) is 3.56. The molecule has 1 aliphatic rings. The van der Waals surface area contributed by atoms with Crippen LogP contribution in [0, 0.1) is 13.8 Å². The number of rotatable bonds is 3. The highest BCUT2D eigenvalue weighted by atomic mass is 32.2. The number of sulfonamides is 1. The minimum Gasteiger partial charge on any atom is -0.398 e. The fourth-order valence-corrected chi connectivity index (χ4v) is 5.26. The number of nitrogens with one attached hydrogen (secondary N) is 1. The van der Waals surface area contributed by atoms with Crippen LogP contribution in [0.1, 0.15) is 24.0 Å². The lowest BCUT2D eigenvalue weighted by atomic mass is 10.1. The SMILES string of the molecule is Cc1ccc(N)c(C)c1S(=O)(=O)NC1CCSCC1. The highest BCUT2D eigenvalue weighted by Crippen LogP contribution is 2.26. The summed E-state index contributed by atoms with van der Waals surface area (Å²) < 4.78 is 27.9. The third kappa shape index (κ3) is 3.24. The number of nitrogen functional groups attached to an aromatic ring is 1. The Morgan fingerprint density at radius 2 is 1.89 bits per heavy atom. The van der Waals surface area contributed by atoms with Crippen molar-refractivity contribution < 1.29 is 8.42 Å². The van der Waals surface area contributed by atoms with Crippen LogP contribution in [0.25, 0.3) is 0 Å². The zero-order valence-electron chi connectivity index (χ0n) is 11.3. The quantitative estimate of drug-likeness (QED) is 0.838. The Morgan fingerprint density at radius 1 is 1.26 bits per heavy atom. The van der Waals surface area contributed by atoms with Crippen molar-refractivity contribution in [1.29, 1.82) is 0 Å². The number of hydrogen-bond acceptors (Lipinski definition) is 4. The van der Waals surface area contributed by atoms with E-state index in [4.69, 9.17) is 5.73 Å². The van der Waals surface area contributed by atoms with Crippen LogP contribution in [-0.2, 0) is 10.0 Å². The molecule has 0 amide bonds. The third-order valence-electron chi connectivity index (χ3n) is 3.46. The molecular weight excluding hydrogens is 280 g/mol. The minimum absolute atomic E-state index is 0.0477. The van der Waals surface area contributed by atoms with Crippen LogP contribution in [0.4, 0.5) is 5.69 Å². The zero-order valence-corrected chi connectivity index (χ0v) is 12.9. The van der Waals surface area contributed by atoms with E-state index in [0.29, 0.717) is 16.1 Å². The largest absolute Gasteiger partial charge is 0.398 e. The van der Waals surface area contributed by atoms with E-state index in [9.17, 15) is 8.42 Å². The summed E-state index contributed by atoms with van der Waals surface area (Å²) in [5, 5.41) is 0. The van der Waals surface area contributed by atoms with E-state index in [0.717, 1.165) is 29.9 Å². The summed E-state index contributed by atoms with van der Waals surface area (Å²) in [4.78, 5) is 0.339. The molecule has 1 aromatic rings. The van der Waals surface area contributed by atoms with Crippen molar-refractivity contribution in [2.45, 2.75) is 37.6 Å². The molecule has 0 spiro atoms. The fraction of sp³-hybridized carbons (Fsp3) is 0.538. The Kier molecular flexibility index (Phi) is 4.43. The van der Waals surface area contributed by atoms with Gasteiger partial charge >= 0.3 is 0 Å². The molecule has 1 aliphatic heterocycles. The zero-order chi connectivity index (χ0) is 14.0. The predicted octanol–water partition coefficient (Wildman–Crippen LogP) is 2.06. The molecule has 1 heterocycles. The van der Waals surface area contributed by atoms with E-state index in [1.54, 1.807) is 26.0 Å². The normalized spacial score (nSPS) is 17.6. The van der Waals surface area contributed by atoms with Crippen molar-refractivity contribution in [1.82, 2.24) is 4.72 Å². The van der Waals surface area contributed by atoms with E-state index in [-0.39, 0.29) is 6.04 Å². The van der Waals surface area contributed by atoms with Crippen LogP contribution < -0.4 is 10.5 Å². The Morgan fingerprint density at radius 3 is 2.53 bits per heavy atom. The van der Waals surface area contributed by atoms with Gasteiger partial charge in [-0.05, 0) is 55.4 Å². The number of aryl methyl sites for hydroxylation is 1. The van der Waals surface area contributed by atoms with Crippen LogP contribution in [0.2, 0.25) is 0 Å². The van der Waals surface area contributed by atoms with Gasteiger partial charge in [0.2, 0.25) is 10.0 Å². The van der Waals surface area contributed by atoms with Gasteiger partial charge in [0, 0.05) is 11.7 Å². The van der Waals surface area contributed by atoms with Gasteiger partial charge in [0.15, 0.2) is 0 Å². The number of anilines is 1. The van der Waals surface area contributed by atoms with Crippen LogP contribution >= 0.6 is 11.8 Å². The molecule has 0 aromatic heterocycles. The lowest BCUT2D eigenvalue weighted by Gasteiger charge is -2.23. The minimum atomic E-state index is -3.48. The second-order valence-corrected chi connectivity index (χ2v) is 7.81. The Balaban J connectivity index is 2.31. The predicted molar refractivity (Wildman–Crippen MR) is 81.0 cm³/mol. The number of benzene rings is 1. The van der Waals surface area contributed by atoms with Crippen LogP contribution in [0.15, 0.2) is 17.0 Å². The summed E-state index contributed by atoms with van der Waals surface area (Å²) in [6.45, 7) is 3.56. The summed E-state index contributed by atoms with van der Waals surface area (Å²) in [5.41, 5.74) is 7.72. The monoisotopic (exact) mass is 300 g/mol. The average molecular weight is 300 g/mol.